The van der Waals surface area contributed by atoms with Crippen molar-refractivity contribution in [3.8, 4) is 0 Å². The second-order valence-electron chi connectivity index (χ2n) is 5.99. The first-order valence-electron chi connectivity index (χ1n) is 8.18. The highest BCUT2D eigenvalue weighted by Gasteiger charge is 2.27. The van der Waals surface area contributed by atoms with Crippen molar-refractivity contribution < 1.29 is 9.59 Å². The Balaban J connectivity index is 1.60. The first-order valence-corrected chi connectivity index (χ1v) is 8.18. The Morgan fingerprint density at radius 1 is 1.12 bits per heavy atom. The van der Waals surface area contributed by atoms with E-state index in [1.54, 1.807) is 28.9 Å². The summed E-state index contributed by atoms with van der Waals surface area (Å²) in [6.45, 7) is 0.301. The smallest absolute Gasteiger partial charge is 0.287 e. The third-order valence-corrected chi connectivity index (χ3v) is 4.04. The van der Waals surface area contributed by atoms with Gasteiger partial charge in [-0.15, -0.1) is 0 Å². The quantitative estimate of drug-likeness (QED) is 0.740. The van der Waals surface area contributed by atoms with Crippen LogP contribution in [0.4, 0.5) is 0 Å². The second kappa shape index (κ2) is 6.35. The van der Waals surface area contributed by atoms with Gasteiger partial charge in [0, 0.05) is 18.4 Å². The Morgan fingerprint density at radius 3 is 2.72 bits per heavy atom. The van der Waals surface area contributed by atoms with Crippen LogP contribution in [0, 0.1) is 0 Å². The molecule has 1 aliphatic carbocycles. The molecule has 3 heterocycles. The van der Waals surface area contributed by atoms with Crippen LogP contribution in [0.15, 0.2) is 48.8 Å². The second-order valence-corrected chi connectivity index (χ2v) is 5.99. The van der Waals surface area contributed by atoms with E-state index in [2.05, 4.69) is 20.6 Å². The Hall–Kier alpha value is -3.22. The molecule has 25 heavy (non-hydrogen) atoms. The van der Waals surface area contributed by atoms with Gasteiger partial charge in [0.2, 0.25) is 5.82 Å². The van der Waals surface area contributed by atoms with Crippen molar-refractivity contribution in [2.24, 2.45) is 0 Å². The molecule has 0 spiro atoms. The van der Waals surface area contributed by atoms with E-state index in [1.807, 2.05) is 24.3 Å². The van der Waals surface area contributed by atoms with Crippen molar-refractivity contribution in [1.82, 2.24) is 25.0 Å². The number of fused-ring (bicyclic) bond motifs is 1. The van der Waals surface area contributed by atoms with Gasteiger partial charge in [-0.25, -0.2) is 4.98 Å². The highest BCUT2D eigenvalue weighted by Crippen LogP contribution is 2.20. The highest BCUT2D eigenvalue weighted by molar-refractivity contribution is 6.02. The summed E-state index contributed by atoms with van der Waals surface area (Å²) in [5.41, 5.74) is 1.59. The number of carbonyl (C=O) groups is 2. The number of pyridine rings is 2. The Kier molecular flexibility index (Phi) is 3.89. The minimum atomic E-state index is -0.333. The molecule has 1 fully saturated rings. The lowest BCUT2D eigenvalue weighted by atomic mass is 10.3. The highest BCUT2D eigenvalue weighted by atomic mass is 16.2. The van der Waals surface area contributed by atoms with Crippen LogP contribution in [0.1, 0.15) is 39.6 Å². The van der Waals surface area contributed by atoms with Gasteiger partial charge in [-0.3, -0.25) is 19.0 Å². The molecule has 1 aliphatic rings. The summed E-state index contributed by atoms with van der Waals surface area (Å²) in [6, 6.07) is 11.1. The van der Waals surface area contributed by atoms with E-state index in [1.165, 1.54) is 0 Å². The molecule has 0 atom stereocenters. The van der Waals surface area contributed by atoms with Crippen molar-refractivity contribution >= 4 is 17.3 Å². The molecule has 2 amide bonds. The third-order valence-electron chi connectivity index (χ3n) is 4.04. The molecule has 1 saturated carbocycles. The van der Waals surface area contributed by atoms with E-state index in [-0.39, 0.29) is 29.4 Å². The van der Waals surface area contributed by atoms with Crippen molar-refractivity contribution in [3.05, 3.63) is 66.0 Å². The zero-order valence-corrected chi connectivity index (χ0v) is 13.5. The molecule has 7 heteroatoms. The third kappa shape index (κ3) is 3.21. The molecule has 4 rings (SSSR count). The van der Waals surface area contributed by atoms with Crippen LogP contribution in [0.5, 0.6) is 0 Å². The summed E-state index contributed by atoms with van der Waals surface area (Å²) in [6.07, 6.45) is 5.40. The number of carbonyl (C=O) groups excluding carboxylic acids is 2. The zero-order valence-electron chi connectivity index (χ0n) is 13.5. The van der Waals surface area contributed by atoms with Gasteiger partial charge >= 0.3 is 0 Å². The summed E-state index contributed by atoms with van der Waals surface area (Å²) < 4.78 is 1.65. The van der Waals surface area contributed by atoms with Crippen molar-refractivity contribution in [2.45, 2.75) is 25.4 Å². The number of imidazole rings is 1. The number of aromatic nitrogens is 3. The molecule has 0 radical (unpaired) electrons. The summed E-state index contributed by atoms with van der Waals surface area (Å²) in [5, 5.41) is 5.71. The maximum atomic E-state index is 12.6. The number of nitrogens with one attached hydrogen (secondary N) is 2. The molecule has 0 unspecified atom stereocenters. The van der Waals surface area contributed by atoms with Gasteiger partial charge in [-0.2, -0.15) is 0 Å². The van der Waals surface area contributed by atoms with Crippen molar-refractivity contribution in [2.75, 3.05) is 0 Å². The fourth-order valence-corrected chi connectivity index (χ4v) is 2.60. The average Bonchev–Trinajstić information content (AvgIpc) is 3.37. The molecular weight excluding hydrogens is 318 g/mol. The molecule has 0 bridgehead atoms. The SMILES string of the molecule is O=C(NCc1ccccn1)c1nc(C(=O)NC2CC2)n2ccccc12. The number of hydrogen-bond acceptors (Lipinski definition) is 4. The van der Waals surface area contributed by atoms with Crippen molar-refractivity contribution in [1.29, 1.82) is 0 Å². The predicted molar refractivity (Wildman–Crippen MR) is 91.1 cm³/mol. The normalized spacial score (nSPS) is 13.6. The van der Waals surface area contributed by atoms with Gasteiger partial charge in [0.1, 0.15) is 0 Å². The summed E-state index contributed by atoms with van der Waals surface area (Å²) in [4.78, 5) is 33.4. The van der Waals surface area contributed by atoms with Gasteiger partial charge in [-0.05, 0) is 37.1 Å². The van der Waals surface area contributed by atoms with Gasteiger partial charge in [0.25, 0.3) is 11.8 Å². The van der Waals surface area contributed by atoms with Crippen LogP contribution in [0.2, 0.25) is 0 Å². The van der Waals surface area contributed by atoms with Crippen LogP contribution in [0.3, 0.4) is 0 Å². The van der Waals surface area contributed by atoms with Crippen molar-refractivity contribution in [3.63, 3.8) is 0 Å². The van der Waals surface area contributed by atoms with Crippen LogP contribution in [-0.2, 0) is 6.54 Å². The topological polar surface area (TPSA) is 88.4 Å². The maximum absolute atomic E-state index is 12.6. The number of rotatable bonds is 5. The van der Waals surface area contributed by atoms with Crippen LogP contribution < -0.4 is 10.6 Å². The summed E-state index contributed by atoms with van der Waals surface area (Å²) in [5.74, 6) is -0.363. The Morgan fingerprint density at radius 2 is 1.96 bits per heavy atom. The fourth-order valence-electron chi connectivity index (χ4n) is 2.60. The predicted octanol–water partition coefficient (Wildman–Crippen LogP) is 1.55. The number of amides is 2. The number of nitrogens with zero attached hydrogens (tertiary/aromatic N) is 3. The number of hydrogen-bond donors (Lipinski definition) is 2. The molecule has 126 valence electrons. The molecule has 7 nitrogen and oxygen atoms in total. The van der Waals surface area contributed by atoms with Crippen LogP contribution in [-0.4, -0.2) is 32.2 Å². The summed E-state index contributed by atoms with van der Waals surface area (Å²) in [7, 11) is 0. The molecular formula is C18H17N5O2. The average molecular weight is 335 g/mol. The van der Waals surface area contributed by atoms with Crippen LogP contribution >= 0.6 is 0 Å². The largest absolute Gasteiger partial charge is 0.347 e. The molecule has 0 saturated heterocycles. The standard InChI is InChI=1S/C18H17N5O2/c24-17(20-11-13-5-1-3-9-19-13)15-14-6-2-4-10-23(14)16(22-15)18(25)21-12-7-8-12/h1-6,9-10,12H,7-8,11H2,(H,20,24)(H,21,25). The fraction of sp³-hybridized carbons (Fsp3) is 0.222. The first-order chi connectivity index (χ1) is 12.2. The maximum Gasteiger partial charge on any atom is 0.287 e. The Bertz CT molecular complexity index is 931. The first kappa shape index (κ1) is 15.3. The zero-order chi connectivity index (χ0) is 17.2. The minimum Gasteiger partial charge on any atom is -0.347 e. The summed E-state index contributed by atoms with van der Waals surface area (Å²) >= 11 is 0. The molecule has 2 N–H and O–H groups in total. The molecule has 0 aliphatic heterocycles. The van der Waals surface area contributed by atoms with Crippen LogP contribution in [0.25, 0.3) is 5.52 Å². The van der Waals surface area contributed by atoms with E-state index in [4.69, 9.17) is 0 Å². The monoisotopic (exact) mass is 335 g/mol. The van der Waals surface area contributed by atoms with Gasteiger partial charge < -0.3 is 10.6 Å². The van der Waals surface area contributed by atoms with E-state index in [0.717, 1.165) is 18.5 Å². The lowest BCUT2D eigenvalue weighted by Crippen LogP contribution is -2.27. The van der Waals surface area contributed by atoms with E-state index >= 15 is 0 Å². The lowest BCUT2D eigenvalue weighted by molar-refractivity contribution is 0.0940. The van der Waals surface area contributed by atoms with Gasteiger partial charge in [-0.1, -0.05) is 12.1 Å². The van der Waals surface area contributed by atoms with E-state index in [0.29, 0.717) is 12.1 Å². The molecule has 3 aromatic rings. The molecule has 3 aromatic heterocycles. The minimum absolute atomic E-state index is 0.227. The lowest BCUT2D eigenvalue weighted by Gasteiger charge is -2.03. The van der Waals surface area contributed by atoms with Gasteiger partial charge in [0.05, 0.1) is 17.8 Å². The van der Waals surface area contributed by atoms with E-state index in [9.17, 15) is 9.59 Å². The Labute approximate surface area is 144 Å². The van der Waals surface area contributed by atoms with E-state index < -0.39 is 0 Å². The van der Waals surface area contributed by atoms with Gasteiger partial charge in [0.15, 0.2) is 5.69 Å². The molecule has 0 aromatic carbocycles.